The molecule has 0 aliphatic rings. The molecule has 3 rings (SSSR count). The zero-order valence-electron chi connectivity index (χ0n) is 17.7. The lowest BCUT2D eigenvalue weighted by Gasteiger charge is -2.19. The molecular weight excluding hydrogens is 396 g/mol. The Morgan fingerprint density at radius 2 is 1.67 bits per heavy atom. The van der Waals surface area contributed by atoms with E-state index >= 15 is 0 Å². The average molecular weight is 423 g/mol. The van der Waals surface area contributed by atoms with Crippen LogP contribution in [0.25, 0.3) is 11.4 Å². The molecule has 1 amide bonds. The quantitative estimate of drug-likeness (QED) is 0.462. The summed E-state index contributed by atoms with van der Waals surface area (Å²) in [7, 11) is 1.88. The van der Waals surface area contributed by atoms with Crippen LogP contribution in [-0.2, 0) is 17.3 Å². The highest BCUT2D eigenvalue weighted by atomic mass is 32.2. The maximum atomic E-state index is 12.1. The lowest BCUT2D eigenvalue weighted by atomic mass is 9.87. The van der Waals surface area contributed by atoms with Gasteiger partial charge in [-0.3, -0.25) is 9.59 Å². The first-order valence-electron chi connectivity index (χ1n) is 9.74. The molecule has 1 N–H and O–H groups in total. The van der Waals surface area contributed by atoms with Gasteiger partial charge < -0.3 is 9.88 Å². The number of hydrogen-bond acceptors (Lipinski definition) is 5. The van der Waals surface area contributed by atoms with E-state index in [1.165, 1.54) is 17.3 Å². The van der Waals surface area contributed by atoms with Gasteiger partial charge in [0.05, 0.1) is 12.3 Å². The van der Waals surface area contributed by atoms with Crippen LogP contribution in [0.15, 0.2) is 59.8 Å². The molecule has 0 radical (unpaired) electrons. The van der Waals surface area contributed by atoms with Crippen molar-refractivity contribution in [1.29, 1.82) is 0 Å². The molecule has 0 spiro atoms. The van der Waals surface area contributed by atoms with Gasteiger partial charge in [0.25, 0.3) is 0 Å². The maximum Gasteiger partial charge on any atom is 0.230 e. The van der Waals surface area contributed by atoms with Crippen molar-refractivity contribution in [1.82, 2.24) is 20.1 Å². The van der Waals surface area contributed by atoms with E-state index in [-0.39, 0.29) is 29.4 Å². The van der Waals surface area contributed by atoms with Crippen molar-refractivity contribution >= 4 is 23.5 Å². The van der Waals surface area contributed by atoms with E-state index in [4.69, 9.17) is 0 Å². The predicted octanol–water partition coefficient (Wildman–Crippen LogP) is 3.87. The second-order valence-corrected chi connectivity index (χ2v) is 8.99. The van der Waals surface area contributed by atoms with Gasteiger partial charge in [-0.15, -0.1) is 10.2 Å². The van der Waals surface area contributed by atoms with Gasteiger partial charge in [-0.2, -0.15) is 0 Å². The molecule has 1 aromatic heterocycles. The van der Waals surface area contributed by atoms with Crippen LogP contribution < -0.4 is 5.32 Å². The Hall–Kier alpha value is -2.93. The molecule has 156 valence electrons. The minimum atomic E-state index is -0.219. The largest absolute Gasteiger partial charge is 0.348 e. The van der Waals surface area contributed by atoms with Gasteiger partial charge in [0.1, 0.15) is 0 Å². The van der Waals surface area contributed by atoms with Crippen LogP contribution in [0.3, 0.4) is 0 Å². The van der Waals surface area contributed by atoms with Crippen LogP contribution in [0.1, 0.15) is 36.7 Å². The highest BCUT2D eigenvalue weighted by Crippen LogP contribution is 2.26. The molecule has 6 nitrogen and oxygen atoms in total. The Balaban J connectivity index is 1.56. The summed E-state index contributed by atoms with van der Waals surface area (Å²) in [5.74, 6) is 0.575. The monoisotopic (exact) mass is 422 g/mol. The lowest BCUT2D eigenvalue weighted by Crippen LogP contribution is -2.30. The molecule has 2 aromatic carbocycles. The molecule has 0 atom stereocenters. The second kappa shape index (κ2) is 9.26. The fourth-order valence-corrected chi connectivity index (χ4v) is 3.64. The molecule has 0 saturated carbocycles. The molecule has 1 heterocycles. The summed E-state index contributed by atoms with van der Waals surface area (Å²) in [5, 5.41) is 11.8. The normalized spacial score (nSPS) is 11.3. The Bertz CT molecular complexity index is 1020. The van der Waals surface area contributed by atoms with Gasteiger partial charge in [-0.05, 0) is 11.0 Å². The Kier molecular flexibility index (Phi) is 6.72. The summed E-state index contributed by atoms with van der Waals surface area (Å²) >= 11 is 1.29. The van der Waals surface area contributed by atoms with Gasteiger partial charge in [0, 0.05) is 18.2 Å². The molecule has 0 fully saturated rings. The van der Waals surface area contributed by atoms with E-state index in [2.05, 4.69) is 48.4 Å². The van der Waals surface area contributed by atoms with Crippen molar-refractivity contribution in [3.05, 3.63) is 65.7 Å². The van der Waals surface area contributed by atoms with Crippen LogP contribution in [0, 0.1) is 0 Å². The summed E-state index contributed by atoms with van der Waals surface area (Å²) in [6, 6.07) is 17.2. The number of carbonyl (C=O) groups excluding carboxylic acids is 2. The average Bonchev–Trinajstić information content (AvgIpc) is 3.11. The summed E-state index contributed by atoms with van der Waals surface area (Å²) in [6.07, 6.45) is 0. The van der Waals surface area contributed by atoms with Gasteiger partial charge >= 0.3 is 0 Å². The third-order valence-electron chi connectivity index (χ3n) is 4.72. The minimum Gasteiger partial charge on any atom is -0.348 e. The topological polar surface area (TPSA) is 76.9 Å². The first-order valence-corrected chi connectivity index (χ1v) is 10.7. The minimum absolute atomic E-state index is 0.0202. The van der Waals surface area contributed by atoms with Crippen LogP contribution in [-0.4, -0.2) is 38.8 Å². The first kappa shape index (κ1) is 21.8. The van der Waals surface area contributed by atoms with Crippen LogP contribution in [0.2, 0.25) is 0 Å². The zero-order valence-corrected chi connectivity index (χ0v) is 18.5. The van der Waals surface area contributed by atoms with E-state index in [1.807, 2.05) is 29.8 Å². The second-order valence-electron chi connectivity index (χ2n) is 8.05. The Morgan fingerprint density at radius 1 is 1.00 bits per heavy atom. The highest BCUT2D eigenvalue weighted by molar-refractivity contribution is 7.99. The number of carbonyl (C=O) groups is 2. The van der Waals surface area contributed by atoms with Crippen molar-refractivity contribution in [3.8, 4) is 11.4 Å². The van der Waals surface area contributed by atoms with Gasteiger partial charge in [0.15, 0.2) is 16.8 Å². The first-order chi connectivity index (χ1) is 14.3. The molecule has 0 unspecified atom stereocenters. The van der Waals surface area contributed by atoms with Crippen molar-refractivity contribution in [2.24, 2.45) is 7.05 Å². The fraction of sp³-hybridized carbons (Fsp3) is 0.304. The third kappa shape index (κ3) is 5.36. The number of thioether (sulfide) groups is 1. The van der Waals surface area contributed by atoms with Crippen molar-refractivity contribution in [2.75, 3.05) is 12.3 Å². The number of ketones is 1. The van der Waals surface area contributed by atoms with Crippen molar-refractivity contribution in [3.63, 3.8) is 0 Å². The van der Waals surface area contributed by atoms with Crippen LogP contribution in [0.4, 0.5) is 0 Å². The molecule has 7 heteroatoms. The predicted molar refractivity (Wildman–Crippen MR) is 120 cm³/mol. The molecule has 30 heavy (non-hydrogen) atoms. The number of hydrogen-bond donors (Lipinski definition) is 1. The van der Waals surface area contributed by atoms with Gasteiger partial charge in [-0.25, -0.2) is 0 Å². The van der Waals surface area contributed by atoms with E-state index in [1.54, 1.807) is 24.3 Å². The number of aromatic nitrogens is 3. The number of amides is 1. The summed E-state index contributed by atoms with van der Waals surface area (Å²) in [4.78, 5) is 24.2. The third-order valence-corrected chi connectivity index (χ3v) is 5.74. The summed E-state index contributed by atoms with van der Waals surface area (Å²) < 4.78 is 1.87. The number of nitrogens with zero attached hydrogens (tertiary/aromatic N) is 3. The van der Waals surface area contributed by atoms with E-state index in [0.717, 1.165) is 11.4 Å². The number of Topliss-reactive ketones (excluding diaryl/α,β-unsaturated/α-hetero) is 1. The van der Waals surface area contributed by atoms with Crippen molar-refractivity contribution in [2.45, 2.75) is 31.3 Å². The number of rotatable bonds is 7. The molecule has 0 aliphatic carbocycles. The SMILES string of the molecule is Cn1c(SCC(=O)NCC(=O)c2ccccc2)nnc1-c1ccc(C(C)(C)C)cc1. The highest BCUT2D eigenvalue weighted by Gasteiger charge is 2.16. The Morgan fingerprint density at radius 3 is 2.30 bits per heavy atom. The molecule has 0 aliphatic heterocycles. The summed E-state index contributed by atoms with van der Waals surface area (Å²) in [6.45, 7) is 6.51. The lowest BCUT2D eigenvalue weighted by molar-refractivity contribution is -0.118. The standard InChI is InChI=1S/C23H26N4O2S/c1-23(2,3)18-12-10-17(11-13-18)21-25-26-22(27(21)4)30-15-20(29)24-14-19(28)16-8-6-5-7-9-16/h5-13H,14-15H2,1-4H3,(H,24,29). The molecular formula is C23H26N4O2S. The van der Waals surface area contributed by atoms with E-state index < -0.39 is 0 Å². The number of nitrogens with one attached hydrogen (secondary N) is 1. The van der Waals surface area contributed by atoms with Gasteiger partial charge in [0.2, 0.25) is 5.91 Å². The molecule has 0 saturated heterocycles. The zero-order chi connectivity index (χ0) is 21.7. The maximum absolute atomic E-state index is 12.1. The van der Waals surface area contributed by atoms with E-state index in [0.29, 0.717) is 10.7 Å². The fourth-order valence-electron chi connectivity index (χ4n) is 2.90. The summed E-state index contributed by atoms with van der Waals surface area (Å²) in [5.41, 5.74) is 2.91. The van der Waals surface area contributed by atoms with Gasteiger partial charge in [-0.1, -0.05) is 87.1 Å². The van der Waals surface area contributed by atoms with Crippen LogP contribution in [0.5, 0.6) is 0 Å². The Labute approximate surface area is 181 Å². The molecule has 3 aromatic rings. The number of benzene rings is 2. The van der Waals surface area contributed by atoms with Crippen molar-refractivity contribution < 1.29 is 9.59 Å². The van der Waals surface area contributed by atoms with Crippen LogP contribution >= 0.6 is 11.8 Å². The smallest absolute Gasteiger partial charge is 0.230 e. The molecule has 0 bridgehead atoms. The van der Waals surface area contributed by atoms with E-state index in [9.17, 15) is 9.59 Å².